The van der Waals surface area contributed by atoms with Crippen LogP contribution in [0.2, 0.25) is 5.02 Å². The lowest BCUT2D eigenvalue weighted by molar-refractivity contribution is 0.0915. The lowest BCUT2D eigenvalue weighted by atomic mass is 10.1. The van der Waals surface area contributed by atoms with Crippen molar-refractivity contribution in [3.63, 3.8) is 0 Å². The van der Waals surface area contributed by atoms with Crippen molar-refractivity contribution >= 4 is 17.5 Å². The molecule has 0 aliphatic heterocycles. The molecule has 2 aromatic rings. The molecule has 0 aliphatic rings. The maximum atomic E-state index is 12.2. The molecule has 1 heterocycles. The summed E-state index contributed by atoms with van der Waals surface area (Å²) in [5.41, 5.74) is 1.95. The average Bonchev–Trinajstić information content (AvgIpc) is 2.87. The molecule has 0 saturated carbocycles. The second kappa shape index (κ2) is 7.42. The maximum Gasteiger partial charge on any atom is 0.254 e. The molecule has 2 N–H and O–H groups in total. The Balaban J connectivity index is 2.00. The lowest BCUT2D eigenvalue weighted by Gasteiger charge is -2.13. The molecule has 1 aromatic heterocycles. The number of hydrogen-bond donors (Lipinski definition) is 2. The quantitative estimate of drug-likeness (QED) is 0.859. The summed E-state index contributed by atoms with van der Waals surface area (Å²) in [5, 5.41) is 17.5. The first-order chi connectivity index (χ1) is 10.5. The second-order valence-electron chi connectivity index (χ2n) is 5.11. The number of amides is 1. The summed E-state index contributed by atoms with van der Waals surface area (Å²) in [7, 11) is 0. The number of aliphatic hydroxyl groups is 1. The van der Waals surface area contributed by atoms with Crippen molar-refractivity contribution in [1.82, 2.24) is 15.1 Å². The molecule has 1 aromatic carbocycles. The molecule has 0 fully saturated rings. The van der Waals surface area contributed by atoms with Crippen LogP contribution in [0.25, 0.3) is 0 Å². The summed E-state index contributed by atoms with van der Waals surface area (Å²) < 4.78 is 1.80. The molecular weight excluding hydrogens is 302 g/mol. The highest BCUT2D eigenvalue weighted by Crippen LogP contribution is 2.22. The first-order valence-corrected chi connectivity index (χ1v) is 7.65. The Bertz CT molecular complexity index is 655. The van der Waals surface area contributed by atoms with Gasteiger partial charge in [-0.25, -0.2) is 0 Å². The van der Waals surface area contributed by atoms with Crippen molar-refractivity contribution in [2.45, 2.75) is 32.9 Å². The van der Waals surface area contributed by atoms with Crippen LogP contribution < -0.4 is 5.32 Å². The van der Waals surface area contributed by atoms with Gasteiger partial charge in [0, 0.05) is 29.4 Å². The van der Waals surface area contributed by atoms with Gasteiger partial charge in [0.15, 0.2) is 0 Å². The number of rotatable bonds is 6. The minimum absolute atomic E-state index is 0.0982. The maximum absolute atomic E-state index is 12.2. The Labute approximate surface area is 134 Å². The molecule has 0 aliphatic carbocycles. The van der Waals surface area contributed by atoms with Crippen LogP contribution in [0.4, 0.5) is 0 Å². The van der Waals surface area contributed by atoms with E-state index in [1.807, 2.05) is 6.92 Å². The van der Waals surface area contributed by atoms with Gasteiger partial charge in [0.05, 0.1) is 17.9 Å². The molecule has 2 rings (SSSR count). The molecule has 0 saturated heterocycles. The van der Waals surface area contributed by atoms with Crippen molar-refractivity contribution < 1.29 is 9.90 Å². The summed E-state index contributed by atoms with van der Waals surface area (Å²) in [4.78, 5) is 12.2. The largest absolute Gasteiger partial charge is 0.387 e. The van der Waals surface area contributed by atoms with Gasteiger partial charge in [-0.1, -0.05) is 36.7 Å². The number of carbonyl (C=O) groups is 1. The van der Waals surface area contributed by atoms with Gasteiger partial charge < -0.3 is 10.4 Å². The predicted octanol–water partition coefficient (Wildman–Crippen LogP) is 2.72. The second-order valence-corrected chi connectivity index (χ2v) is 5.52. The van der Waals surface area contributed by atoms with Gasteiger partial charge in [0.2, 0.25) is 0 Å². The highest BCUT2D eigenvalue weighted by molar-refractivity contribution is 6.31. The van der Waals surface area contributed by atoms with Gasteiger partial charge in [-0.15, -0.1) is 0 Å². The van der Waals surface area contributed by atoms with E-state index in [-0.39, 0.29) is 12.5 Å². The Morgan fingerprint density at radius 2 is 2.18 bits per heavy atom. The molecule has 6 heteroatoms. The number of carbonyl (C=O) groups excluding carboxylic acids is 1. The fraction of sp³-hybridized carbons (Fsp3) is 0.375. The van der Waals surface area contributed by atoms with Gasteiger partial charge in [-0.2, -0.15) is 5.10 Å². The van der Waals surface area contributed by atoms with E-state index in [0.29, 0.717) is 16.1 Å². The van der Waals surface area contributed by atoms with Gasteiger partial charge in [0.1, 0.15) is 0 Å². The van der Waals surface area contributed by atoms with Crippen LogP contribution in [0.3, 0.4) is 0 Å². The normalized spacial score (nSPS) is 12.2. The lowest BCUT2D eigenvalue weighted by Crippen LogP contribution is -2.28. The number of hydrogen-bond acceptors (Lipinski definition) is 3. The third-order valence-corrected chi connectivity index (χ3v) is 3.85. The zero-order valence-corrected chi connectivity index (χ0v) is 13.5. The Morgan fingerprint density at radius 3 is 2.86 bits per heavy atom. The molecule has 5 nitrogen and oxygen atoms in total. The minimum atomic E-state index is -0.844. The fourth-order valence-electron chi connectivity index (χ4n) is 2.25. The van der Waals surface area contributed by atoms with E-state index >= 15 is 0 Å². The average molecular weight is 322 g/mol. The van der Waals surface area contributed by atoms with Crippen LogP contribution in [0.1, 0.15) is 41.1 Å². The minimum Gasteiger partial charge on any atom is -0.387 e. The zero-order chi connectivity index (χ0) is 16.1. The molecule has 1 atom stereocenters. The summed E-state index contributed by atoms with van der Waals surface area (Å²) in [6.45, 7) is 4.80. The number of halogens is 1. The Kier molecular flexibility index (Phi) is 5.57. The van der Waals surface area contributed by atoms with E-state index in [0.717, 1.165) is 18.7 Å². The topological polar surface area (TPSA) is 67.2 Å². The van der Waals surface area contributed by atoms with Crippen LogP contribution >= 0.6 is 11.6 Å². The predicted molar refractivity (Wildman–Crippen MR) is 86.0 cm³/mol. The van der Waals surface area contributed by atoms with E-state index in [1.54, 1.807) is 35.1 Å². The van der Waals surface area contributed by atoms with Gasteiger partial charge in [-0.05, 0) is 19.4 Å². The smallest absolute Gasteiger partial charge is 0.254 e. The van der Waals surface area contributed by atoms with Crippen LogP contribution in [0.5, 0.6) is 0 Å². The summed E-state index contributed by atoms with van der Waals surface area (Å²) in [6.07, 6.45) is 1.67. The molecular formula is C16H20ClN3O2. The summed E-state index contributed by atoms with van der Waals surface area (Å²) in [5.74, 6) is -0.244. The number of aliphatic hydroxyl groups excluding tert-OH is 1. The van der Waals surface area contributed by atoms with E-state index < -0.39 is 6.10 Å². The van der Waals surface area contributed by atoms with Gasteiger partial charge in [0.25, 0.3) is 5.91 Å². The van der Waals surface area contributed by atoms with Crippen LogP contribution in [-0.2, 0) is 6.54 Å². The molecule has 0 bridgehead atoms. The molecule has 118 valence electrons. The molecule has 0 unspecified atom stereocenters. The van der Waals surface area contributed by atoms with Crippen LogP contribution in [0, 0.1) is 6.92 Å². The number of aromatic nitrogens is 2. The van der Waals surface area contributed by atoms with Crippen molar-refractivity contribution in [3.05, 3.63) is 52.3 Å². The first kappa shape index (κ1) is 16.5. The monoisotopic (exact) mass is 321 g/mol. The summed E-state index contributed by atoms with van der Waals surface area (Å²) in [6, 6.07) is 7.04. The van der Waals surface area contributed by atoms with Crippen molar-refractivity contribution in [2.24, 2.45) is 0 Å². The summed E-state index contributed by atoms with van der Waals surface area (Å²) >= 11 is 6.03. The van der Waals surface area contributed by atoms with Gasteiger partial charge >= 0.3 is 0 Å². The molecule has 0 spiro atoms. The van der Waals surface area contributed by atoms with Crippen molar-refractivity contribution in [3.8, 4) is 0 Å². The molecule has 1 amide bonds. The number of nitrogens with one attached hydrogen (secondary N) is 1. The number of nitrogens with zero attached hydrogens (tertiary/aromatic N) is 2. The van der Waals surface area contributed by atoms with E-state index in [1.165, 1.54) is 0 Å². The first-order valence-electron chi connectivity index (χ1n) is 7.27. The third-order valence-electron chi connectivity index (χ3n) is 3.50. The zero-order valence-electron chi connectivity index (χ0n) is 12.7. The third kappa shape index (κ3) is 3.67. The molecule has 0 radical (unpaired) electrons. The van der Waals surface area contributed by atoms with Crippen LogP contribution in [0.15, 0.2) is 30.5 Å². The number of aryl methyl sites for hydroxylation is 1. The van der Waals surface area contributed by atoms with Crippen LogP contribution in [-0.4, -0.2) is 27.3 Å². The van der Waals surface area contributed by atoms with E-state index in [4.69, 9.17) is 11.6 Å². The molecule has 22 heavy (non-hydrogen) atoms. The highest BCUT2D eigenvalue weighted by atomic mass is 35.5. The highest BCUT2D eigenvalue weighted by Gasteiger charge is 2.16. The standard InChI is InChI=1S/C16H20ClN3O2/c1-3-8-20-11(2)13(9-19-20)16(22)18-10-15(21)12-6-4-5-7-14(12)17/h4-7,9,15,21H,3,8,10H2,1-2H3,(H,18,22)/t15-/m1/s1. The van der Waals surface area contributed by atoms with Gasteiger partial charge in [-0.3, -0.25) is 9.48 Å². The Morgan fingerprint density at radius 1 is 1.45 bits per heavy atom. The number of benzene rings is 1. The Hall–Kier alpha value is -1.85. The van der Waals surface area contributed by atoms with Crippen molar-refractivity contribution in [1.29, 1.82) is 0 Å². The fourth-order valence-corrected chi connectivity index (χ4v) is 2.51. The van der Waals surface area contributed by atoms with E-state index in [9.17, 15) is 9.90 Å². The van der Waals surface area contributed by atoms with Crippen molar-refractivity contribution in [2.75, 3.05) is 6.54 Å². The van der Waals surface area contributed by atoms with E-state index in [2.05, 4.69) is 17.3 Å². The SMILES string of the molecule is CCCn1ncc(C(=O)NC[C@@H](O)c2ccccc2Cl)c1C.